The molecule has 0 aromatic carbocycles. The van der Waals surface area contributed by atoms with E-state index in [2.05, 4.69) is 19.9 Å². The van der Waals surface area contributed by atoms with E-state index in [9.17, 15) is 9.90 Å². The number of carbonyl (C=O) groups excluding carboxylic acids is 1. The first-order valence-corrected chi connectivity index (χ1v) is 8.63. The molecule has 5 nitrogen and oxygen atoms in total. The van der Waals surface area contributed by atoms with E-state index in [1.807, 2.05) is 0 Å². The minimum absolute atomic E-state index is 0.105. The summed E-state index contributed by atoms with van der Waals surface area (Å²) in [6.07, 6.45) is 5.10. The van der Waals surface area contributed by atoms with Crippen LogP contribution in [0.15, 0.2) is 11.6 Å². The highest BCUT2D eigenvalue weighted by Gasteiger charge is 2.78. The number of aliphatic hydroxyl groups excluding tert-OH is 1. The number of epoxide rings is 1. The van der Waals surface area contributed by atoms with E-state index in [0.29, 0.717) is 6.61 Å². The SMILES string of the molecule is CC(=O)O[C@@H]1CC[C@]2(C)[C@@]3(CO)CCC(C)=C[C@H]3O[C@H]1[C@]21CO1. The smallest absolute Gasteiger partial charge is 0.302 e. The van der Waals surface area contributed by atoms with Gasteiger partial charge in [-0.25, -0.2) is 0 Å². The number of fused-ring (bicyclic) bond motifs is 2. The van der Waals surface area contributed by atoms with Gasteiger partial charge in [0.05, 0.1) is 19.3 Å². The summed E-state index contributed by atoms with van der Waals surface area (Å²) in [5.74, 6) is -0.271. The fourth-order valence-corrected chi connectivity index (χ4v) is 5.50. The number of allylic oxidation sites excluding steroid dienone is 1. The highest BCUT2D eigenvalue weighted by molar-refractivity contribution is 5.66. The van der Waals surface area contributed by atoms with E-state index in [4.69, 9.17) is 14.2 Å². The van der Waals surface area contributed by atoms with Crippen molar-refractivity contribution in [1.29, 1.82) is 0 Å². The third-order valence-corrected chi connectivity index (χ3v) is 7.05. The molecule has 3 fully saturated rings. The van der Waals surface area contributed by atoms with Gasteiger partial charge in [0.1, 0.15) is 17.8 Å². The largest absolute Gasteiger partial charge is 0.460 e. The second-order valence-electron chi connectivity index (χ2n) is 8.00. The van der Waals surface area contributed by atoms with E-state index in [0.717, 1.165) is 25.7 Å². The highest BCUT2D eigenvalue weighted by atomic mass is 16.6. The Labute approximate surface area is 137 Å². The van der Waals surface area contributed by atoms with E-state index in [1.165, 1.54) is 12.5 Å². The molecule has 2 heterocycles. The summed E-state index contributed by atoms with van der Waals surface area (Å²) in [7, 11) is 0. The Morgan fingerprint density at radius 2 is 2.22 bits per heavy atom. The molecule has 128 valence electrons. The van der Waals surface area contributed by atoms with Crippen LogP contribution in [-0.2, 0) is 19.0 Å². The Bertz CT molecular complexity index is 566. The van der Waals surface area contributed by atoms with Crippen molar-refractivity contribution in [2.75, 3.05) is 13.2 Å². The Morgan fingerprint density at radius 3 is 2.83 bits per heavy atom. The van der Waals surface area contributed by atoms with Crippen molar-refractivity contribution in [2.24, 2.45) is 10.8 Å². The Morgan fingerprint density at radius 1 is 1.48 bits per heavy atom. The molecule has 2 aliphatic carbocycles. The number of hydrogen-bond acceptors (Lipinski definition) is 5. The Hall–Kier alpha value is -0.910. The van der Waals surface area contributed by atoms with Crippen LogP contribution in [0.1, 0.15) is 46.5 Å². The van der Waals surface area contributed by atoms with Gasteiger partial charge in [0, 0.05) is 17.8 Å². The molecule has 23 heavy (non-hydrogen) atoms. The third kappa shape index (κ3) is 1.81. The van der Waals surface area contributed by atoms with Crippen LogP contribution in [0.25, 0.3) is 0 Å². The molecule has 2 saturated heterocycles. The molecule has 0 amide bonds. The molecule has 1 N–H and O–H groups in total. The fourth-order valence-electron chi connectivity index (χ4n) is 5.50. The lowest BCUT2D eigenvalue weighted by atomic mass is 9.46. The lowest BCUT2D eigenvalue weighted by Gasteiger charge is -2.64. The number of hydrogen-bond donors (Lipinski definition) is 1. The van der Waals surface area contributed by atoms with Crippen molar-refractivity contribution in [2.45, 2.75) is 70.4 Å². The zero-order chi connectivity index (χ0) is 16.5. The molecule has 1 spiro atoms. The van der Waals surface area contributed by atoms with Gasteiger partial charge in [-0.3, -0.25) is 4.79 Å². The van der Waals surface area contributed by atoms with Crippen molar-refractivity contribution in [3.8, 4) is 0 Å². The molecule has 0 radical (unpaired) electrons. The van der Waals surface area contributed by atoms with Crippen molar-refractivity contribution < 1.29 is 24.1 Å². The molecule has 2 bridgehead atoms. The minimum Gasteiger partial charge on any atom is -0.460 e. The van der Waals surface area contributed by atoms with E-state index in [1.54, 1.807) is 0 Å². The number of rotatable bonds is 2. The summed E-state index contributed by atoms with van der Waals surface area (Å²) in [5, 5.41) is 10.4. The van der Waals surface area contributed by atoms with Crippen LogP contribution in [0.3, 0.4) is 0 Å². The highest BCUT2D eigenvalue weighted by Crippen LogP contribution is 2.69. The summed E-state index contributed by atoms with van der Waals surface area (Å²) in [6, 6.07) is 0. The normalized spacial score (nSPS) is 51.0. The standard InChI is InChI=1S/C18H26O5/c1-11-4-7-17(9-19)14(8-11)23-15-13(22-12(2)20)5-6-16(17,3)18(15)10-21-18/h8,13-15,19H,4-7,9-10H2,1-3H3/t13-,14-,15-,16-,17-,18-/m1/s1. The maximum absolute atomic E-state index is 11.5. The first kappa shape index (κ1) is 15.6. The quantitative estimate of drug-likeness (QED) is 0.478. The lowest BCUT2D eigenvalue weighted by Crippen LogP contribution is -2.72. The van der Waals surface area contributed by atoms with Crippen LogP contribution in [0.2, 0.25) is 0 Å². The molecule has 2 aliphatic heterocycles. The minimum atomic E-state index is -0.413. The molecule has 0 aromatic heterocycles. The van der Waals surface area contributed by atoms with Gasteiger partial charge in [-0.05, 0) is 32.6 Å². The number of esters is 1. The second kappa shape index (κ2) is 4.80. The van der Waals surface area contributed by atoms with Gasteiger partial charge in [0.15, 0.2) is 0 Å². The van der Waals surface area contributed by atoms with Gasteiger partial charge in [-0.2, -0.15) is 0 Å². The summed E-state index contributed by atoms with van der Waals surface area (Å²) >= 11 is 0. The predicted octanol–water partition coefficient (Wildman–Crippen LogP) is 1.97. The predicted molar refractivity (Wildman–Crippen MR) is 82.7 cm³/mol. The van der Waals surface area contributed by atoms with Crippen molar-refractivity contribution in [3.05, 3.63) is 11.6 Å². The topological polar surface area (TPSA) is 68.3 Å². The van der Waals surface area contributed by atoms with Gasteiger partial charge in [-0.15, -0.1) is 0 Å². The molecule has 4 aliphatic rings. The Kier molecular flexibility index (Phi) is 3.26. The van der Waals surface area contributed by atoms with Gasteiger partial charge in [-0.1, -0.05) is 18.6 Å². The third-order valence-electron chi connectivity index (χ3n) is 7.05. The van der Waals surface area contributed by atoms with E-state index < -0.39 is 5.60 Å². The van der Waals surface area contributed by atoms with Gasteiger partial charge < -0.3 is 19.3 Å². The zero-order valence-corrected chi connectivity index (χ0v) is 14.1. The maximum Gasteiger partial charge on any atom is 0.302 e. The molecule has 6 atom stereocenters. The van der Waals surface area contributed by atoms with Crippen LogP contribution in [0.4, 0.5) is 0 Å². The summed E-state index contributed by atoms with van der Waals surface area (Å²) < 4.78 is 18.0. The van der Waals surface area contributed by atoms with Crippen LogP contribution in [0, 0.1) is 10.8 Å². The van der Waals surface area contributed by atoms with Crippen LogP contribution in [0.5, 0.6) is 0 Å². The first-order valence-electron chi connectivity index (χ1n) is 8.63. The number of carbonyl (C=O) groups is 1. The lowest BCUT2D eigenvalue weighted by molar-refractivity contribution is -0.285. The monoisotopic (exact) mass is 322 g/mol. The van der Waals surface area contributed by atoms with Crippen LogP contribution >= 0.6 is 0 Å². The van der Waals surface area contributed by atoms with Crippen molar-refractivity contribution in [3.63, 3.8) is 0 Å². The molecule has 1 saturated carbocycles. The maximum atomic E-state index is 11.5. The zero-order valence-electron chi connectivity index (χ0n) is 14.1. The van der Waals surface area contributed by atoms with Crippen molar-refractivity contribution >= 4 is 5.97 Å². The molecule has 5 heteroatoms. The van der Waals surface area contributed by atoms with Crippen molar-refractivity contribution in [1.82, 2.24) is 0 Å². The number of aliphatic hydroxyl groups is 1. The Balaban J connectivity index is 1.78. The van der Waals surface area contributed by atoms with E-state index in [-0.39, 0.29) is 41.7 Å². The fraction of sp³-hybridized carbons (Fsp3) is 0.833. The molecule has 0 aromatic rings. The van der Waals surface area contributed by atoms with Crippen LogP contribution in [-0.4, -0.2) is 48.2 Å². The van der Waals surface area contributed by atoms with Gasteiger partial charge in [0.25, 0.3) is 0 Å². The summed E-state index contributed by atoms with van der Waals surface area (Å²) in [4.78, 5) is 11.5. The van der Waals surface area contributed by atoms with Gasteiger partial charge in [0.2, 0.25) is 0 Å². The first-order chi connectivity index (χ1) is 10.9. The second-order valence-corrected chi connectivity index (χ2v) is 8.00. The van der Waals surface area contributed by atoms with Crippen LogP contribution < -0.4 is 0 Å². The molecule has 0 unspecified atom stereocenters. The molecular formula is C18H26O5. The summed E-state index contributed by atoms with van der Waals surface area (Å²) in [6.45, 7) is 6.54. The average molecular weight is 322 g/mol. The number of ether oxygens (including phenoxy) is 3. The molecular weight excluding hydrogens is 296 g/mol. The van der Waals surface area contributed by atoms with Gasteiger partial charge >= 0.3 is 5.97 Å². The summed E-state index contributed by atoms with van der Waals surface area (Å²) in [5.41, 5.74) is 0.429. The average Bonchev–Trinajstić information content (AvgIpc) is 3.28. The van der Waals surface area contributed by atoms with E-state index >= 15 is 0 Å². The molecule has 4 rings (SSSR count).